The van der Waals surface area contributed by atoms with Gasteiger partial charge in [0.05, 0.1) is 0 Å². The molecule has 0 aromatic heterocycles. The van der Waals surface area contributed by atoms with Crippen LogP contribution in [0, 0.1) is 7.43 Å². The molecule has 0 saturated carbocycles. The zero-order valence-corrected chi connectivity index (χ0v) is 4.04. The summed E-state index contributed by atoms with van der Waals surface area (Å²) in [7, 11) is 0. The minimum atomic E-state index is 0. The van der Waals surface area contributed by atoms with Crippen LogP contribution >= 0.6 is 0 Å². The molecule has 0 saturated heterocycles. The maximum absolute atomic E-state index is 0. The van der Waals surface area contributed by atoms with Gasteiger partial charge in [0.2, 0.25) is 0 Å². The average molecular weight is 236 g/mol. The van der Waals surface area contributed by atoms with Crippen molar-refractivity contribution in [1.82, 2.24) is 0 Å². The van der Waals surface area contributed by atoms with E-state index < -0.39 is 0 Å². The fourth-order valence-corrected chi connectivity index (χ4v) is 0. The van der Waals surface area contributed by atoms with E-state index in [1.54, 1.807) is 0 Å². The molecular formula is CIrO2. The Bertz CT molecular complexity index is 6.00. The van der Waals surface area contributed by atoms with Gasteiger partial charge in [0.25, 0.3) is 0 Å². The van der Waals surface area contributed by atoms with E-state index in [1.807, 2.05) is 0 Å². The first-order valence-corrected chi connectivity index (χ1v) is 0. The Balaban J connectivity index is 0. The van der Waals surface area contributed by atoms with E-state index in [-0.39, 0.29) is 38.5 Å². The first kappa shape index (κ1) is 180. The van der Waals surface area contributed by atoms with Crippen LogP contribution < -0.4 is 0 Å². The van der Waals surface area contributed by atoms with Gasteiger partial charge in [-0.15, -0.1) is 0 Å². The third-order valence-corrected chi connectivity index (χ3v) is 0. The summed E-state index contributed by atoms with van der Waals surface area (Å²) >= 11 is 0. The molecule has 0 aromatic carbocycles. The number of hydrogen-bond acceptors (Lipinski definition) is 0. The Morgan fingerprint density at radius 3 is 0.750 bits per heavy atom. The minimum Gasteiger partial charge on any atom is -2.00 e. The third kappa shape index (κ3) is 19.5. The molecular weight excluding hydrogens is 236 g/mol. The molecule has 0 unspecified atom stereocenters. The normalized spacial score (nSPS) is 0. The molecule has 0 rings (SSSR count). The van der Waals surface area contributed by atoms with Crippen LogP contribution in [-0.2, 0) is 31.1 Å². The molecule has 0 fully saturated rings. The molecule has 0 atom stereocenters. The van der Waals surface area contributed by atoms with Crippen molar-refractivity contribution in [3.63, 3.8) is 0 Å². The Hall–Kier alpha value is 0.569. The van der Waals surface area contributed by atoms with Gasteiger partial charge in [-0.1, -0.05) is 0 Å². The number of rotatable bonds is 0. The van der Waals surface area contributed by atoms with E-state index >= 15 is 0 Å². The molecule has 4 heavy (non-hydrogen) atoms. The second kappa shape index (κ2) is 72.7. The maximum Gasteiger partial charge on any atom is 4.00 e. The van der Waals surface area contributed by atoms with Crippen molar-refractivity contribution in [2.24, 2.45) is 0 Å². The molecule has 0 aliphatic heterocycles. The summed E-state index contributed by atoms with van der Waals surface area (Å²) in [6.07, 6.45) is 0. The minimum absolute atomic E-state index is 0. The van der Waals surface area contributed by atoms with Gasteiger partial charge in [0.1, 0.15) is 0 Å². The smallest absolute Gasteiger partial charge is 2.00 e. The predicted molar refractivity (Wildman–Crippen MR) is 4.62 cm³/mol. The van der Waals surface area contributed by atoms with Gasteiger partial charge in [-0.2, -0.15) is 0 Å². The molecule has 0 aliphatic rings. The molecule has 5 radical (unpaired) electrons. The van der Waals surface area contributed by atoms with E-state index in [9.17, 15) is 0 Å². The largest absolute Gasteiger partial charge is 4.00 e. The van der Waals surface area contributed by atoms with Gasteiger partial charge >= 0.3 is 20.1 Å². The van der Waals surface area contributed by atoms with Crippen LogP contribution in [0.5, 0.6) is 0 Å². The van der Waals surface area contributed by atoms with E-state index in [0.717, 1.165) is 0 Å². The van der Waals surface area contributed by atoms with Gasteiger partial charge in [0, 0.05) is 7.43 Å². The van der Waals surface area contributed by atoms with Crippen molar-refractivity contribution in [2.45, 2.75) is 0 Å². The second-order valence-electron chi connectivity index (χ2n) is 0. The molecule has 0 amide bonds. The van der Waals surface area contributed by atoms with Gasteiger partial charge in [-0.05, 0) is 0 Å². The Morgan fingerprint density at radius 2 is 0.750 bits per heavy atom. The van der Waals surface area contributed by atoms with Crippen LogP contribution in [0.15, 0.2) is 0 Å². The zero-order valence-electron chi connectivity index (χ0n) is 1.65. The second-order valence-corrected chi connectivity index (χ2v) is 0. The Labute approximate surface area is 39.2 Å². The van der Waals surface area contributed by atoms with Gasteiger partial charge in [-0.3, -0.25) is 0 Å². The molecule has 25 valence electrons. The molecule has 0 aromatic rings. The van der Waals surface area contributed by atoms with Crippen LogP contribution in [0.25, 0.3) is 0 Å². The SMILES string of the molecule is [C].[Ir+4].[O-2].[O-2]. The quantitative estimate of drug-likeness (QED) is 0.561. The summed E-state index contributed by atoms with van der Waals surface area (Å²) in [6.45, 7) is 0. The zero-order chi connectivity index (χ0) is 0. The monoisotopic (exact) mass is 237 g/mol. The van der Waals surface area contributed by atoms with Gasteiger partial charge < -0.3 is 11.0 Å². The van der Waals surface area contributed by atoms with Crippen molar-refractivity contribution in [1.29, 1.82) is 0 Å². The maximum atomic E-state index is 0. The molecule has 0 spiro atoms. The molecule has 3 heteroatoms. The third-order valence-electron chi connectivity index (χ3n) is 0. The van der Waals surface area contributed by atoms with Crippen molar-refractivity contribution in [3.8, 4) is 0 Å². The van der Waals surface area contributed by atoms with Gasteiger partial charge in [0.15, 0.2) is 0 Å². The van der Waals surface area contributed by atoms with Crippen molar-refractivity contribution in [3.05, 3.63) is 7.43 Å². The predicted octanol–water partition coefficient (Wildman–Crippen LogP) is -0.159. The van der Waals surface area contributed by atoms with Crippen LogP contribution in [0.4, 0.5) is 0 Å². The van der Waals surface area contributed by atoms with E-state index in [0.29, 0.717) is 0 Å². The fraction of sp³-hybridized carbons (Fsp3) is 0. The summed E-state index contributed by atoms with van der Waals surface area (Å²) in [6, 6.07) is 0. The molecule has 0 aliphatic carbocycles. The van der Waals surface area contributed by atoms with Crippen molar-refractivity contribution < 1.29 is 31.1 Å². The summed E-state index contributed by atoms with van der Waals surface area (Å²) in [4.78, 5) is 0. The summed E-state index contributed by atoms with van der Waals surface area (Å²) in [5.74, 6) is 0. The fourth-order valence-electron chi connectivity index (χ4n) is 0. The van der Waals surface area contributed by atoms with Crippen LogP contribution in [0.2, 0.25) is 0 Å². The standard InChI is InChI=1S/C.Ir.2O/q;+4;2*-2. The van der Waals surface area contributed by atoms with E-state index in [4.69, 9.17) is 0 Å². The Morgan fingerprint density at radius 1 is 0.750 bits per heavy atom. The van der Waals surface area contributed by atoms with Crippen LogP contribution in [0.1, 0.15) is 0 Å². The molecule has 0 bridgehead atoms. The van der Waals surface area contributed by atoms with E-state index in [1.165, 1.54) is 0 Å². The van der Waals surface area contributed by atoms with Gasteiger partial charge in [-0.25, -0.2) is 0 Å². The average Bonchev–Trinajstić information content (AvgIpc) is 0. The van der Waals surface area contributed by atoms with Crippen LogP contribution in [-0.4, -0.2) is 0 Å². The first-order chi connectivity index (χ1) is 0. The van der Waals surface area contributed by atoms with Crippen molar-refractivity contribution >= 4 is 0 Å². The topological polar surface area (TPSA) is 57.0 Å². The first-order valence-electron chi connectivity index (χ1n) is 0. The van der Waals surface area contributed by atoms with Crippen LogP contribution in [0.3, 0.4) is 0 Å². The molecule has 0 heterocycles. The number of hydrogen-bond donors (Lipinski definition) is 0. The summed E-state index contributed by atoms with van der Waals surface area (Å²) in [5, 5.41) is 0. The van der Waals surface area contributed by atoms with Crippen molar-refractivity contribution in [2.75, 3.05) is 0 Å². The van der Waals surface area contributed by atoms with E-state index in [2.05, 4.69) is 0 Å². The summed E-state index contributed by atoms with van der Waals surface area (Å²) < 4.78 is 0. The molecule has 2 nitrogen and oxygen atoms in total. The Kier molecular flexibility index (Phi) is 3260. The molecule has 0 N–H and O–H groups in total. The summed E-state index contributed by atoms with van der Waals surface area (Å²) in [5.41, 5.74) is 0.